The van der Waals surface area contributed by atoms with Crippen molar-refractivity contribution in [2.24, 2.45) is 4.99 Å². The maximum Gasteiger partial charge on any atom is 0.194 e. The van der Waals surface area contributed by atoms with E-state index in [0.29, 0.717) is 0 Å². The molecule has 0 spiro atoms. The zero-order chi connectivity index (χ0) is 17.7. The van der Waals surface area contributed by atoms with Gasteiger partial charge in [-0.05, 0) is 43.8 Å². The normalized spacial score (nSPS) is 24.6. The zero-order valence-electron chi connectivity index (χ0n) is 15.7. The highest BCUT2D eigenvalue weighted by Gasteiger charge is 2.36. The molecule has 1 saturated heterocycles. The molecule has 3 rings (SSSR count). The van der Waals surface area contributed by atoms with Crippen molar-refractivity contribution >= 4 is 23.3 Å². The topological polar surface area (TPSA) is 30.9 Å². The summed E-state index contributed by atoms with van der Waals surface area (Å²) in [5.74, 6) is 3.48. The van der Waals surface area contributed by atoms with Crippen LogP contribution in [-0.4, -0.2) is 73.6 Å². The molecule has 136 valence electrons. The van der Waals surface area contributed by atoms with Crippen molar-refractivity contribution in [3.63, 3.8) is 0 Å². The Hall–Kier alpha value is -1.46. The van der Waals surface area contributed by atoms with Crippen LogP contribution in [0.1, 0.15) is 18.4 Å². The third-order valence-corrected chi connectivity index (χ3v) is 6.71. The van der Waals surface area contributed by atoms with Gasteiger partial charge in [0.15, 0.2) is 5.96 Å². The number of likely N-dealkylation sites (N-methyl/N-ethyl adjacent to an activating group) is 1. The van der Waals surface area contributed by atoms with Crippen LogP contribution in [0.4, 0.5) is 0 Å². The van der Waals surface area contributed by atoms with Gasteiger partial charge in [-0.1, -0.05) is 36.4 Å². The van der Waals surface area contributed by atoms with Crippen molar-refractivity contribution < 1.29 is 0 Å². The number of rotatable bonds is 4. The van der Waals surface area contributed by atoms with Gasteiger partial charge >= 0.3 is 0 Å². The van der Waals surface area contributed by atoms with Crippen LogP contribution >= 0.6 is 11.8 Å². The molecule has 25 heavy (non-hydrogen) atoms. The molecular formula is C20H30N4S. The van der Waals surface area contributed by atoms with E-state index in [9.17, 15) is 0 Å². The Bertz CT molecular complexity index is 618. The quantitative estimate of drug-likeness (QED) is 0.662. The van der Waals surface area contributed by atoms with Crippen molar-refractivity contribution in [1.29, 1.82) is 0 Å². The predicted octanol–water partition coefficient (Wildman–Crippen LogP) is 2.79. The third kappa shape index (κ3) is 4.21. The third-order valence-electron chi connectivity index (χ3n) is 5.47. The Labute approximate surface area is 156 Å². The Morgan fingerprint density at radius 2 is 2.12 bits per heavy atom. The average molecular weight is 359 g/mol. The summed E-state index contributed by atoms with van der Waals surface area (Å²) in [5.41, 5.74) is 3.05. The molecular weight excluding hydrogens is 328 g/mol. The Kier molecular flexibility index (Phi) is 6.07. The molecule has 1 aromatic carbocycles. The highest BCUT2D eigenvalue weighted by molar-refractivity contribution is 7.99. The minimum Gasteiger partial charge on any atom is -0.354 e. The van der Waals surface area contributed by atoms with Gasteiger partial charge in [-0.25, -0.2) is 0 Å². The molecule has 0 saturated carbocycles. The predicted molar refractivity (Wildman–Crippen MR) is 110 cm³/mol. The second-order valence-corrected chi connectivity index (χ2v) is 8.22. The number of benzene rings is 1. The first-order chi connectivity index (χ1) is 12.1. The summed E-state index contributed by atoms with van der Waals surface area (Å²) in [6.45, 7) is 2.91. The maximum atomic E-state index is 4.54. The van der Waals surface area contributed by atoms with Gasteiger partial charge in [0, 0.05) is 38.0 Å². The molecule has 1 aromatic rings. The van der Waals surface area contributed by atoms with E-state index in [1.165, 1.54) is 29.1 Å². The number of guanidine groups is 1. The van der Waals surface area contributed by atoms with Crippen LogP contribution in [-0.2, 0) is 0 Å². The van der Waals surface area contributed by atoms with Crippen molar-refractivity contribution in [2.45, 2.75) is 18.4 Å². The smallest absolute Gasteiger partial charge is 0.194 e. The van der Waals surface area contributed by atoms with Gasteiger partial charge < -0.3 is 15.1 Å². The molecule has 1 fully saturated rings. The molecule has 1 N–H and O–H groups in total. The fraction of sp³-hybridized carbons (Fsp3) is 0.550. The second kappa shape index (κ2) is 8.28. The minimum absolute atomic E-state index is 0.251. The molecule has 0 amide bonds. The van der Waals surface area contributed by atoms with Crippen molar-refractivity contribution in [2.75, 3.05) is 52.3 Å². The Morgan fingerprint density at radius 1 is 1.32 bits per heavy atom. The molecule has 0 aliphatic carbocycles. The van der Waals surface area contributed by atoms with E-state index in [1.807, 2.05) is 7.05 Å². The monoisotopic (exact) mass is 358 g/mol. The lowest BCUT2D eigenvalue weighted by molar-refractivity contribution is 0.181. The minimum atomic E-state index is 0.251. The van der Waals surface area contributed by atoms with Crippen molar-refractivity contribution in [3.05, 3.63) is 42.0 Å². The number of hydrogen-bond acceptors (Lipinski definition) is 3. The van der Waals surface area contributed by atoms with Gasteiger partial charge in [0.2, 0.25) is 0 Å². The molecule has 4 nitrogen and oxygen atoms in total. The van der Waals surface area contributed by atoms with Crippen molar-refractivity contribution in [1.82, 2.24) is 15.1 Å². The van der Waals surface area contributed by atoms with Crippen LogP contribution in [0.5, 0.6) is 0 Å². The molecule has 1 unspecified atom stereocenters. The van der Waals surface area contributed by atoms with E-state index in [0.717, 1.165) is 32.0 Å². The largest absolute Gasteiger partial charge is 0.354 e. The fourth-order valence-corrected chi connectivity index (χ4v) is 5.15. The van der Waals surface area contributed by atoms with E-state index in [-0.39, 0.29) is 5.54 Å². The van der Waals surface area contributed by atoms with Crippen LogP contribution < -0.4 is 5.32 Å². The van der Waals surface area contributed by atoms with Crippen LogP contribution in [0.15, 0.2) is 41.4 Å². The molecule has 0 aromatic heterocycles. The lowest BCUT2D eigenvalue weighted by atomic mass is 9.97. The number of hydrogen-bond donors (Lipinski definition) is 1. The average Bonchev–Trinajstić information content (AvgIpc) is 3.14. The molecule has 2 aliphatic rings. The van der Waals surface area contributed by atoms with Gasteiger partial charge in [-0.3, -0.25) is 4.99 Å². The molecule has 2 aliphatic heterocycles. The van der Waals surface area contributed by atoms with E-state index >= 15 is 0 Å². The summed E-state index contributed by atoms with van der Waals surface area (Å²) in [5, 5.41) is 3.65. The highest BCUT2D eigenvalue weighted by atomic mass is 32.2. The number of thioether (sulfide) groups is 1. The summed E-state index contributed by atoms with van der Waals surface area (Å²) >= 11 is 2.06. The zero-order valence-corrected chi connectivity index (χ0v) is 16.5. The van der Waals surface area contributed by atoms with Crippen LogP contribution in [0.2, 0.25) is 0 Å². The van der Waals surface area contributed by atoms with Gasteiger partial charge in [0.1, 0.15) is 0 Å². The van der Waals surface area contributed by atoms with Crippen LogP contribution in [0, 0.1) is 0 Å². The van der Waals surface area contributed by atoms with Gasteiger partial charge in [0.25, 0.3) is 0 Å². The lowest BCUT2D eigenvalue weighted by Gasteiger charge is -2.38. The van der Waals surface area contributed by atoms with E-state index in [1.54, 1.807) is 0 Å². The second-order valence-electron chi connectivity index (χ2n) is 7.11. The molecule has 0 radical (unpaired) electrons. The molecule has 5 heteroatoms. The standard InChI is InChI=1S/C20H30N4S/c1-21-19(22-15-20(23(2)3)11-14-25-16-20)24-12-9-18(10-13-24)17-7-5-4-6-8-17/h4-9H,10-16H2,1-3H3,(H,21,22). The van der Waals surface area contributed by atoms with Gasteiger partial charge in [-0.2, -0.15) is 11.8 Å². The lowest BCUT2D eigenvalue weighted by Crippen LogP contribution is -2.55. The van der Waals surface area contributed by atoms with Crippen LogP contribution in [0.3, 0.4) is 0 Å². The van der Waals surface area contributed by atoms with Crippen LogP contribution in [0.25, 0.3) is 5.57 Å². The van der Waals surface area contributed by atoms with E-state index < -0.39 is 0 Å². The number of nitrogens with zero attached hydrogens (tertiary/aromatic N) is 3. The molecule has 2 heterocycles. The number of aliphatic imine (C=N–C) groups is 1. The fourth-order valence-electron chi connectivity index (χ4n) is 3.60. The first kappa shape index (κ1) is 18.3. The molecule has 0 bridgehead atoms. The summed E-state index contributed by atoms with van der Waals surface area (Å²) < 4.78 is 0. The van der Waals surface area contributed by atoms with Gasteiger partial charge in [-0.15, -0.1) is 0 Å². The van der Waals surface area contributed by atoms with Crippen molar-refractivity contribution in [3.8, 4) is 0 Å². The Morgan fingerprint density at radius 3 is 2.68 bits per heavy atom. The Balaban J connectivity index is 1.60. The summed E-state index contributed by atoms with van der Waals surface area (Å²) in [7, 11) is 6.29. The summed E-state index contributed by atoms with van der Waals surface area (Å²) in [4.78, 5) is 9.28. The SMILES string of the molecule is CN=C(NCC1(N(C)C)CCSC1)N1CC=C(c2ccccc2)CC1. The highest BCUT2D eigenvalue weighted by Crippen LogP contribution is 2.31. The molecule has 1 atom stereocenters. The van der Waals surface area contributed by atoms with E-state index in [2.05, 4.69) is 82.4 Å². The van der Waals surface area contributed by atoms with E-state index in [4.69, 9.17) is 0 Å². The first-order valence-corrected chi connectivity index (χ1v) is 10.3. The number of nitrogens with one attached hydrogen (secondary N) is 1. The summed E-state index contributed by atoms with van der Waals surface area (Å²) in [6, 6.07) is 10.7. The first-order valence-electron chi connectivity index (χ1n) is 9.10. The maximum absolute atomic E-state index is 4.54. The van der Waals surface area contributed by atoms with Gasteiger partial charge in [0.05, 0.1) is 0 Å². The summed E-state index contributed by atoms with van der Waals surface area (Å²) in [6.07, 6.45) is 4.66.